The number of hydrogen-bond acceptors (Lipinski definition) is 5. The number of rotatable bonds is 3. The van der Waals surface area contributed by atoms with Crippen LogP contribution in [-0.4, -0.2) is 60.2 Å². The fourth-order valence-electron chi connectivity index (χ4n) is 3.53. The zero-order valence-corrected chi connectivity index (χ0v) is 15.4. The number of benzene rings is 1. The van der Waals surface area contributed by atoms with Crippen LogP contribution in [0.1, 0.15) is 12.8 Å². The molecule has 0 aliphatic carbocycles. The molecule has 148 valence electrons. The molecule has 1 N–H and O–H groups in total. The van der Waals surface area contributed by atoms with Crippen molar-refractivity contribution in [1.82, 2.24) is 14.9 Å². The normalized spacial score (nSPS) is 17.1. The number of nitrogens with zero attached hydrogens (tertiary/aromatic N) is 5. The van der Waals surface area contributed by atoms with E-state index in [9.17, 15) is 13.6 Å². The highest BCUT2D eigenvalue weighted by atomic mass is 19.1. The number of carbonyl (C=O) groups is 1. The summed E-state index contributed by atoms with van der Waals surface area (Å²) in [4.78, 5) is 27.2. The van der Waals surface area contributed by atoms with Gasteiger partial charge in [-0.15, -0.1) is 0 Å². The molecule has 0 saturated carbocycles. The number of para-hydroxylation sites is 1. The van der Waals surface area contributed by atoms with E-state index in [0.717, 1.165) is 49.8 Å². The second kappa shape index (κ2) is 7.95. The van der Waals surface area contributed by atoms with Crippen LogP contribution in [0.15, 0.2) is 30.5 Å². The Hall–Kier alpha value is -2.97. The van der Waals surface area contributed by atoms with Crippen LogP contribution in [0, 0.1) is 11.6 Å². The monoisotopic (exact) mass is 388 g/mol. The molecule has 1 aromatic carbocycles. The van der Waals surface area contributed by atoms with Crippen LogP contribution in [0.2, 0.25) is 0 Å². The van der Waals surface area contributed by atoms with E-state index in [4.69, 9.17) is 0 Å². The molecule has 4 rings (SSSR count). The third kappa shape index (κ3) is 3.83. The Kier molecular flexibility index (Phi) is 5.23. The first kappa shape index (κ1) is 18.4. The van der Waals surface area contributed by atoms with Gasteiger partial charge in [0.05, 0.1) is 0 Å². The van der Waals surface area contributed by atoms with Gasteiger partial charge in [-0.2, -0.15) is 4.98 Å². The first-order valence-electron chi connectivity index (χ1n) is 9.45. The summed E-state index contributed by atoms with van der Waals surface area (Å²) < 4.78 is 27.5. The Balaban J connectivity index is 1.37. The molecule has 2 aromatic rings. The van der Waals surface area contributed by atoms with Crippen LogP contribution in [0.3, 0.4) is 0 Å². The van der Waals surface area contributed by atoms with Crippen LogP contribution >= 0.6 is 0 Å². The van der Waals surface area contributed by atoms with Crippen molar-refractivity contribution in [3.8, 4) is 0 Å². The van der Waals surface area contributed by atoms with Gasteiger partial charge in [-0.05, 0) is 31.0 Å². The lowest BCUT2D eigenvalue weighted by Crippen LogP contribution is -2.50. The molecule has 28 heavy (non-hydrogen) atoms. The lowest BCUT2D eigenvalue weighted by atomic mass is 10.3. The smallest absolute Gasteiger partial charge is 0.322 e. The maximum Gasteiger partial charge on any atom is 0.322 e. The maximum atomic E-state index is 13.7. The summed E-state index contributed by atoms with van der Waals surface area (Å²) >= 11 is 0. The van der Waals surface area contributed by atoms with E-state index >= 15 is 0 Å². The Morgan fingerprint density at radius 1 is 0.929 bits per heavy atom. The SMILES string of the molecule is O=C(Nc1c(F)cccc1F)N1CCN(c2ccnc(N3CCCC3)n2)CC1. The van der Waals surface area contributed by atoms with Crippen LogP contribution < -0.4 is 15.1 Å². The summed E-state index contributed by atoms with van der Waals surface area (Å²) in [6, 6.07) is 4.85. The number of hydrogen-bond donors (Lipinski definition) is 1. The van der Waals surface area contributed by atoms with Crippen molar-refractivity contribution >= 4 is 23.5 Å². The number of anilines is 3. The van der Waals surface area contributed by atoms with Crippen molar-refractivity contribution in [1.29, 1.82) is 0 Å². The van der Waals surface area contributed by atoms with Gasteiger partial charge in [0.2, 0.25) is 5.95 Å². The van der Waals surface area contributed by atoms with Gasteiger partial charge in [0.15, 0.2) is 0 Å². The highest BCUT2D eigenvalue weighted by molar-refractivity contribution is 5.89. The van der Waals surface area contributed by atoms with Crippen LogP contribution in [0.4, 0.5) is 31.0 Å². The van der Waals surface area contributed by atoms with Gasteiger partial charge in [-0.1, -0.05) is 6.07 Å². The third-order valence-electron chi connectivity index (χ3n) is 5.10. The molecule has 2 aliphatic heterocycles. The standard InChI is InChI=1S/C19H22F2N6O/c20-14-4-3-5-15(21)17(14)24-19(28)27-12-10-25(11-13-27)16-6-7-22-18(23-16)26-8-1-2-9-26/h3-7H,1-2,8-13H2,(H,24,28). The van der Waals surface area contributed by atoms with Gasteiger partial charge >= 0.3 is 6.03 Å². The quantitative estimate of drug-likeness (QED) is 0.876. The molecule has 0 unspecified atom stereocenters. The topological polar surface area (TPSA) is 64.6 Å². The Labute approximate surface area is 162 Å². The van der Waals surface area contributed by atoms with Crippen molar-refractivity contribution in [3.05, 3.63) is 42.1 Å². The molecule has 1 aromatic heterocycles. The second-order valence-electron chi connectivity index (χ2n) is 6.91. The summed E-state index contributed by atoms with van der Waals surface area (Å²) in [6.45, 7) is 4.00. The number of nitrogens with one attached hydrogen (secondary N) is 1. The molecule has 3 heterocycles. The fourth-order valence-corrected chi connectivity index (χ4v) is 3.53. The van der Waals surface area contributed by atoms with E-state index in [1.807, 2.05) is 6.07 Å². The summed E-state index contributed by atoms with van der Waals surface area (Å²) in [5.74, 6) is -0.00728. The highest BCUT2D eigenvalue weighted by Gasteiger charge is 2.24. The van der Waals surface area contributed by atoms with E-state index in [-0.39, 0.29) is 0 Å². The minimum Gasteiger partial charge on any atom is -0.353 e. The Morgan fingerprint density at radius 2 is 1.61 bits per heavy atom. The molecule has 0 spiro atoms. The average molecular weight is 388 g/mol. The summed E-state index contributed by atoms with van der Waals surface area (Å²) in [7, 11) is 0. The van der Waals surface area contributed by atoms with Crippen molar-refractivity contribution in [3.63, 3.8) is 0 Å². The number of urea groups is 1. The zero-order chi connectivity index (χ0) is 19.5. The van der Waals surface area contributed by atoms with Gasteiger partial charge in [-0.3, -0.25) is 0 Å². The predicted octanol–water partition coefficient (Wildman–Crippen LogP) is 2.71. The lowest BCUT2D eigenvalue weighted by Gasteiger charge is -2.35. The second-order valence-corrected chi connectivity index (χ2v) is 6.91. The highest BCUT2D eigenvalue weighted by Crippen LogP contribution is 2.21. The molecule has 2 saturated heterocycles. The first-order valence-corrected chi connectivity index (χ1v) is 9.45. The fraction of sp³-hybridized carbons (Fsp3) is 0.421. The average Bonchev–Trinajstić information content (AvgIpc) is 3.26. The zero-order valence-electron chi connectivity index (χ0n) is 15.4. The third-order valence-corrected chi connectivity index (χ3v) is 5.10. The van der Waals surface area contributed by atoms with Crippen LogP contribution in [0.5, 0.6) is 0 Å². The van der Waals surface area contributed by atoms with Crippen molar-refractivity contribution in [2.45, 2.75) is 12.8 Å². The molecule has 0 atom stereocenters. The number of halogens is 2. The number of aromatic nitrogens is 2. The molecule has 2 aliphatic rings. The van der Waals surface area contributed by atoms with E-state index < -0.39 is 23.4 Å². The molecule has 0 bridgehead atoms. The molecule has 0 radical (unpaired) electrons. The minimum absolute atomic E-state index is 0.416. The molecule has 2 fully saturated rings. The molecule has 9 heteroatoms. The van der Waals surface area contributed by atoms with Gasteiger partial charge in [0, 0.05) is 45.5 Å². The van der Waals surface area contributed by atoms with Gasteiger partial charge in [0.25, 0.3) is 0 Å². The van der Waals surface area contributed by atoms with Gasteiger partial charge < -0.3 is 20.0 Å². The summed E-state index contributed by atoms with van der Waals surface area (Å²) in [5, 5.41) is 2.34. The predicted molar refractivity (Wildman–Crippen MR) is 103 cm³/mol. The summed E-state index contributed by atoms with van der Waals surface area (Å²) in [5.41, 5.74) is -0.416. The lowest BCUT2D eigenvalue weighted by molar-refractivity contribution is 0.208. The van der Waals surface area contributed by atoms with Crippen molar-refractivity contribution in [2.75, 3.05) is 54.4 Å². The van der Waals surface area contributed by atoms with E-state index in [2.05, 4.69) is 25.1 Å². The largest absolute Gasteiger partial charge is 0.353 e. The van der Waals surface area contributed by atoms with Crippen LogP contribution in [-0.2, 0) is 0 Å². The number of piperazine rings is 1. The minimum atomic E-state index is -0.789. The first-order chi connectivity index (χ1) is 13.6. The molecule has 2 amide bonds. The van der Waals surface area contributed by atoms with Gasteiger partial charge in [-0.25, -0.2) is 18.6 Å². The Bertz CT molecular complexity index is 830. The Morgan fingerprint density at radius 3 is 2.29 bits per heavy atom. The van der Waals surface area contributed by atoms with Crippen molar-refractivity contribution < 1.29 is 13.6 Å². The maximum absolute atomic E-state index is 13.7. The van der Waals surface area contributed by atoms with E-state index in [1.165, 1.54) is 6.07 Å². The van der Waals surface area contributed by atoms with Crippen LogP contribution in [0.25, 0.3) is 0 Å². The van der Waals surface area contributed by atoms with E-state index in [0.29, 0.717) is 26.2 Å². The molecular weight excluding hydrogens is 366 g/mol. The van der Waals surface area contributed by atoms with Crippen molar-refractivity contribution in [2.24, 2.45) is 0 Å². The summed E-state index contributed by atoms with van der Waals surface area (Å²) in [6.07, 6.45) is 4.07. The number of carbonyl (C=O) groups excluding carboxylic acids is 1. The molecular formula is C19H22F2N6O. The van der Waals surface area contributed by atoms with E-state index in [1.54, 1.807) is 11.1 Å². The molecule has 7 nitrogen and oxygen atoms in total. The number of amides is 2. The van der Waals surface area contributed by atoms with Gasteiger partial charge in [0.1, 0.15) is 23.1 Å².